The van der Waals surface area contributed by atoms with Gasteiger partial charge in [0.2, 0.25) is 0 Å². The summed E-state index contributed by atoms with van der Waals surface area (Å²) in [4.78, 5) is 4.37. The molecule has 0 amide bonds. The Labute approximate surface area is 82.8 Å². The summed E-state index contributed by atoms with van der Waals surface area (Å²) in [5.41, 5.74) is 3.61. The molecular weight excluding hydrogens is 172 g/mol. The van der Waals surface area contributed by atoms with Crippen molar-refractivity contribution in [2.45, 2.75) is 13.8 Å². The first kappa shape index (κ1) is 8.71. The van der Waals surface area contributed by atoms with E-state index in [0.29, 0.717) is 0 Å². The number of pyridine rings is 1. The zero-order chi connectivity index (χ0) is 10.1. The average molecular weight is 182 g/mol. The summed E-state index contributed by atoms with van der Waals surface area (Å²) in [6, 6.07) is 10.0. The first-order valence-corrected chi connectivity index (χ1v) is 4.49. The van der Waals surface area contributed by atoms with Gasteiger partial charge in [-0.15, -0.1) is 0 Å². The van der Waals surface area contributed by atoms with E-state index in [1.165, 1.54) is 0 Å². The second-order valence-electron chi connectivity index (χ2n) is 3.39. The van der Waals surface area contributed by atoms with Gasteiger partial charge in [-0.1, -0.05) is 6.07 Å². The molecule has 1 aromatic carbocycles. The number of aryl methyl sites for hydroxylation is 2. The second-order valence-corrected chi connectivity index (χ2v) is 3.39. The van der Waals surface area contributed by atoms with E-state index in [-0.39, 0.29) is 0 Å². The molecule has 68 valence electrons. The standard InChI is InChI=1S/C12H10N2/c1-8-3-6-12-10(11(8)7-13)5-4-9(2)14-12/h3-6H,1-2H3. The van der Waals surface area contributed by atoms with Crippen LogP contribution in [0.5, 0.6) is 0 Å². The van der Waals surface area contributed by atoms with E-state index in [0.717, 1.165) is 27.7 Å². The predicted octanol–water partition coefficient (Wildman–Crippen LogP) is 2.72. The molecular formula is C12H10N2. The van der Waals surface area contributed by atoms with Crippen molar-refractivity contribution in [1.29, 1.82) is 5.26 Å². The Morgan fingerprint density at radius 1 is 1.14 bits per heavy atom. The molecule has 0 unspecified atom stereocenters. The summed E-state index contributed by atoms with van der Waals surface area (Å²) < 4.78 is 0. The third-order valence-corrected chi connectivity index (χ3v) is 2.33. The van der Waals surface area contributed by atoms with Crippen LogP contribution in [0.2, 0.25) is 0 Å². The number of benzene rings is 1. The minimum absolute atomic E-state index is 0.731. The molecule has 0 bridgehead atoms. The van der Waals surface area contributed by atoms with Crippen molar-refractivity contribution in [2.75, 3.05) is 0 Å². The molecule has 1 heterocycles. The zero-order valence-corrected chi connectivity index (χ0v) is 8.20. The molecule has 2 nitrogen and oxygen atoms in total. The van der Waals surface area contributed by atoms with Gasteiger partial charge in [0.25, 0.3) is 0 Å². The first-order valence-electron chi connectivity index (χ1n) is 4.49. The van der Waals surface area contributed by atoms with Gasteiger partial charge in [-0.05, 0) is 37.6 Å². The van der Waals surface area contributed by atoms with Crippen LogP contribution in [0.25, 0.3) is 10.9 Å². The van der Waals surface area contributed by atoms with Gasteiger partial charge in [0, 0.05) is 11.1 Å². The van der Waals surface area contributed by atoms with E-state index in [1.54, 1.807) is 0 Å². The Morgan fingerprint density at radius 2 is 1.93 bits per heavy atom. The van der Waals surface area contributed by atoms with Crippen LogP contribution < -0.4 is 0 Å². The van der Waals surface area contributed by atoms with E-state index >= 15 is 0 Å². The van der Waals surface area contributed by atoms with Gasteiger partial charge in [-0.2, -0.15) is 5.26 Å². The zero-order valence-electron chi connectivity index (χ0n) is 8.20. The number of hydrogen-bond donors (Lipinski definition) is 0. The average Bonchev–Trinajstić information content (AvgIpc) is 2.18. The monoisotopic (exact) mass is 182 g/mol. The van der Waals surface area contributed by atoms with E-state index in [1.807, 2.05) is 38.1 Å². The predicted molar refractivity (Wildman–Crippen MR) is 55.9 cm³/mol. The Kier molecular flexibility index (Phi) is 1.94. The highest BCUT2D eigenvalue weighted by Crippen LogP contribution is 2.20. The minimum atomic E-state index is 0.731. The summed E-state index contributed by atoms with van der Waals surface area (Å²) in [6.45, 7) is 3.89. The molecule has 2 aromatic rings. The van der Waals surface area contributed by atoms with Crippen LogP contribution in [-0.4, -0.2) is 4.98 Å². The van der Waals surface area contributed by atoms with Gasteiger partial charge in [-0.25, -0.2) is 0 Å². The molecule has 0 N–H and O–H groups in total. The quantitative estimate of drug-likeness (QED) is 0.628. The molecule has 2 heteroatoms. The van der Waals surface area contributed by atoms with Crippen LogP contribution in [0.15, 0.2) is 24.3 Å². The van der Waals surface area contributed by atoms with Gasteiger partial charge in [0.1, 0.15) is 6.07 Å². The largest absolute Gasteiger partial charge is 0.253 e. The molecule has 0 radical (unpaired) electrons. The van der Waals surface area contributed by atoms with Crippen LogP contribution in [0.3, 0.4) is 0 Å². The smallest absolute Gasteiger partial charge is 0.100 e. The van der Waals surface area contributed by atoms with Crippen LogP contribution in [0.1, 0.15) is 16.8 Å². The molecule has 0 spiro atoms. The summed E-state index contributed by atoms with van der Waals surface area (Å²) in [5, 5.41) is 9.95. The number of nitriles is 1. The fraction of sp³-hybridized carbons (Fsp3) is 0.167. The van der Waals surface area contributed by atoms with Crippen LogP contribution in [0.4, 0.5) is 0 Å². The number of fused-ring (bicyclic) bond motifs is 1. The van der Waals surface area contributed by atoms with E-state index in [4.69, 9.17) is 5.26 Å². The van der Waals surface area contributed by atoms with E-state index in [9.17, 15) is 0 Å². The molecule has 0 saturated carbocycles. The Hall–Kier alpha value is -1.88. The number of hydrogen-bond acceptors (Lipinski definition) is 2. The summed E-state index contributed by atoms with van der Waals surface area (Å²) in [7, 11) is 0. The lowest BCUT2D eigenvalue weighted by Gasteiger charge is -2.03. The third kappa shape index (κ3) is 1.23. The first-order chi connectivity index (χ1) is 6.72. The third-order valence-electron chi connectivity index (χ3n) is 2.33. The number of nitrogens with zero attached hydrogens (tertiary/aromatic N) is 2. The Morgan fingerprint density at radius 3 is 2.64 bits per heavy atom. The second kappa shape index (κ2) is 3.12. The maximum Gasteiger partial charge on any atom is 0.100 e. The molecule has 0 fully saturated rings. The highest BCUT2D eigenvalue weighted by Gasteiger charge is 2.04. The van der Waals surface area contributed by atoms with Crippen molar-refractivity contribution in [2.24, 2.45) is 0 Å². The van der Waals surface area contributed by atoms with Gasteiger partial charge in [0.05, 0.1) is 11.1 Å². The highest BCUT2D eigenvalue weighted by atomic mass is 14.7. The summed E-state index contributed by atoms with van der Waals surface area (Å²) in [5.74, 6) is 0. The fourth-order valence-electron chi connectivity index (χ4n) is 1.56. The van der Waals surface area contributed by atoms with Crippen molar-refractivity contribution in [3.05, 3.63) is 41.1 Å². The Bertz CT molecular complexity index is 536. The highest BCUT2D eigenvalue weighted by molar-refractivity contribution is 5.86. The lowest BCUT2D eigenvalue weighted by atomic mass is 10.0. The minimum Gasteiger partial charge on any atom is -0.253 e. The van der Waals surface area contributed by atoms with Gasteiger partial charge in [-0.3, -0.25) is 4.98 Å². The topological polar surface area (TPSA) is 36.7 Å². The van der Waals surface area contributed by atoms with Crippen LogP contribution in [0, 0.1) is 25.2 Å². The molecule has 0 aliphatic rings. The van der Waals surface area contributed by atoms with Crippen molar-refractivity contribution in [3.63, 3.8) is 0 Å². The van der Waals surface area contributed by atoms with Crippen molar-refractivity contribution in [1.82, 2.24) is 4.98 Å². The molecule has 0 aliphatic heterocycles. The molecule has 0 aliphatic carbocycles. The summed E-state index contributed by atoms with van der Waals surface area (Å²) >= 11 is 0. The van der Waals surface area contributed by atoms with Crippen molar-refractivity contribution >= 4 is 10.9 Å². The molecule has 1 aromatic heterocycles. The van der Waals surface area contributed by atoms with Crippen molar-refractivity contribution in [3.8, 4) is 6.07 Å². The van der Waals surface area contributed by atoms with Crippen molar-refractivity contribution < 1.29 is 0 Å². The Balaban J connectivity index is 2.90. The molecule has 0 atom stereocenters. The lowest BCUT2D eigenvalue weighted by molar-refractivity contribution is 1.25. The number of rotatable bonds is 0. The van der Waals surface area contributed by atoms with Gasteiger partial charge < -0.3 is 0 Å². The van der Waals surface area contributed by atoms with E-state index in [2.05, 4.69) is 11.1 Å². The normalized spacial score (nSPS) is 10.1. The molecule has 2 rings (SSSR count). The van der Waals surface area contributed by atoms with Crippen LogP contribution in [-0.2, 0) is 0 Å². The fourth-order valence-corrected chi connectivity index (χ4v) is 1.56. The SMILES string of the molecule is Cc1ccc2c(C#N)c(C)ccc2n1. The van der Waals surface area contributed by atoms with Gasteiger partial charge in [0.15, 0.2) is 0 Å². The number of aromatic nitrogens is 1. The molecule has 14 heavy (non-hydrogen) atoms. The maximum atomic E-state index is 9.01. The lowest BCUT2D eigenvalue weighted by Crippen LogP contribution is -1.88. The molecule has 0 saturated heterocycles. The van der Waals surface area contributed by atoms with E-state index < -0.39 is 0 Å². The maximum absolute atomic E-state index is 9.01. The summed E-state index contributed by atoms with van der Waals surface area (Å²) in [6.07, 6.45) is 0. The van der Waals surface area contributed by atoms with Gasteiger partial charge >= 0.3 is 0 Å². The van der Waals surface area contributed by atoms with Crippen LogP contribution >= 0.6 is 0 Å².